The first-order valence-electron chi connectivity index (χ1n) is 11.3. The first kappa shape index (κ1) is 23.4. The van der Waals surface area contributed by atoms with E-state index >= 15 is 0 Å². The topological polar surface area (TPSA) is 15.7 Å². The second kappa shape index (κ2) is 12.0. The van der Waals surface area contributed by atoms with Crippen molar-refractivity contribution in [1.29, 1.82) is 0 Å². The van der Waals surface area contributed by atoms with Gasteiger partial charge in [-0.25, -0.2) is 0 Å². The summed E-state index contributed by atoms with van der Waals surface area (Å²) in [4.78, 5) is 4.93. The quantitative estimate of drug-likeness (QED) is 0.446. The molecule has 2 rings (SSSR count). The van der Waals surface area contributed by atoms with E-state index in [1.807, 2.05) is 0 Å². The van der Waals surface area contributed by atoms with Crippen LogP contribution in [0.4, 0.5) is 0 Å². The number of benzene rings is 2. The van der Waals surface area contributed by atoms with Crippen molar-refractivity contribution in [3.05, 3.63) is 58.7 Å². The van der Waals surface area contributed by atoms with Crippen LogP contribution in [0.1, 0.15) is 49.9 Å². The summed E-state index contributed by atoms with van der Waals surface area (Å²) in [5.74, 6) is 1.99. The maximum atomic E-state index is 6.51. The third-order valence-electron chi connectivity index (χ3n) is 5.84. The van der Waals surface area contributed by atoms with Crippen LogP contribution in [0.15, 0.2) is 36.4 Å². The molecule has 29 heavy (non-hydrogen) atoms. The van der Waals surface area contributed by atoms with Crippen LogP contribution in [0.3, 0.4) is 0 Å². The number of hydrogen-bond donors (Lipinski definition) is 0. The number of hydrogen-bond acceptors (Lipinski definition) is 3. The molecule has 0 atom stereocenters. The summed E-state index contributed by atoms with van der Waals surface area (Å²) >= 11 is 0. The zero-order valence-electron chi connectivity index (χ0n) is 19.4. The van der Waals surface area contributed by atoms with Gasteiger partial charge in [0.1, 0.15) is 11.5 Å². The maximum absolute atomic E-state index is 6.51. The molecular formula is C26H40N2O. The Morgan fingerprint density at radius 2 is 1.00 bits per heavy atom. The van der Waals surface area contributed by atoms with Crippen LogP contribution in [0.2, 0.25) is 0 Å². The first-order chi connectivity index (χ1) is 14.0. The monoisotopic (exact) mass is 396 g/mol. The van der Waals surface area contributed by atoms with Crippen LogP contribution in [0, 0.1) is 13.8 Å². The van der Waals surface area contributed by atoms with Gasteiger partial charge >= 0.3 is 0 Å². The Balaban J connectivity index is 2.22. The van der Waals surface area contributed by atoms with Crippen LogP contribution in [0.25, 0.3) is 0 Å². The minimum atomic E-state index is 0.996. The van der Waals surface area contributed by atoms with E-state index in [1.165, 1.54) is 22.3 Å². The molecule has 0 aliphatic rings. The van der Waals surface area contributed by atoms with Gasteiger partial charge < -0.3 is 14.5 Å². The molecule has 3 heteroatoms. The third-order valence-corrected chi connectivity index (χ3v) is 5.84. The Kier molecular flexibility index (Phi) is 9.69. The molecule has 160 valence electrons. The molecule has 0 unspecified atom stereocenters. The van der Waals surface area contributed by atoms with Crippen molar-refractivity contribution < 1.29 is 4.74 Å². The Bertz CT molecular complexity index is 685. The zero-order valence-corrected chi connectivity index (χ0v) is 19.4. The number of rotatable bonds is 12. The standard InChI is InChI=1S/C26H40N2O/c1-7-27(8-2)17-15-23-19-21(5)11-13-25(23)29-26-14-12-22(6)20-24(26)16-18-28(9-3)10-4/h11-14,19-20H,7-10,15-18H2,1-6H3. The molecule has 2 aromatic rings. The molecule has 0 fully saturated rings. The molecule has 0 radical (unpaired) electrons. The fraction of sp³-hybridized carbons (Fsp3) is 0.538. The van der Waals surface area contributed by atoms with Gasteiger partial charge in [-0.15, -0.1) is 0 Å². The molecule has 0 saturated carbocycles. The Hall–Kier alpha value is -1.84. The molecule has 0 aromatic heterocycles. The predicted octanol–water partition coefficient (Wildman–Crippen LogP) is 5.86. The largest absolute Gasteiger partial charge is 0.457 e. The van der Waals surface area contributed by atoms with Crippen molar-refractivity contribution in [2.45, 2.75) is 54.4 Å². The van der Waals surface area contributed by atoms with Crippen molar-refractivity contribution in [2.75, 3.05) is 39.3 Å². The molecule has 0 aliphatic heterocycles. The maximum Gasteiger partial charge on any atom is 0.130 e. The van der Waals surface area contributed by atoms with Gasteiger partial charge in [0.25, 0.3) is 0 Å². The second-order valence-electron chi connectivity index (χ2n) is 7.88. The number of nitrogens with zero attached hydrogens (tertiary/aromatic N) is 2. The molecule has 3 nitrogen and oxygen atoms in total. The van der Waals surface area contributed by atoms with Crippen molar-refractivity contribution in [3.8, 4) is 11.5 Å². The summed E-state index contributed by atoms with van der Waals surface area (Å²) in [5, 5.41) is 0. The van der Waals surface area contributed by atoms with Gasteiger partial charge in [-0.05, 0) is 76.1 Å². The zero-order chi connectivity index (χ0) is 21.2. The van der Waals surface area contributed by atoms with Gasteiger partial charge in [-0.1, -0.05) is 63.1 Å². The first-order valence-corrected chi connectivity index (χ1v) is 11.3. The highest BCUT2D eigenvalue weighted by Gasteiger charge is 2.12. The van der Waals surface area contributed by atoms with Gasteiger partial charge in [0.05, 0.1) is 0 Å². The highest BCUT2D eigenvalue weighted by atomic mass is 16.5. The SMILES string of the molecule is CCN(CC)CCc1cc(C)ccc1Oc1ccc(C)cc1CCN(CC)CC. The lowest BCUT2D eigenvalue weighted by atomic mass is 10.1. The number of aryl methyl sites for hydroxylation is 2. The highest BCUT2D eigenvalue weighted by Crippen LogP contribution is 2.30. The van der Waals surface area contributed by atoms with Crippen LogP contribution in [0.5, 0.6) is 11.5 Å². The lowest BCUT2D eigenvalue weighted by Crippen LogP contribution is -2.25. The summed E-state index contributed by atoms with van der Waals surface area (Å²) in [7, 11) is 0. The van der Waals surface area contributed by atoms with E-state index in [9.17, 15) is 0 Å². The predicted molar refractivity (Wildman–Crippen MR) is 125 cm³/mol. The van der Waals surface area contributed by atoms with Crippen LogP contribution in [-0.4, -0.2) is 49.1 Å². The lowest BCUT2D eigenvalue weighted by Gasteiger charge is -2.21. The molecule has 0 heterocycles. The average molecular weight is 397 g/mol. The van der Waals surface area contributed by atoms with E-state index in [1.54, 1.807) is 0 Å². The summed E-state index contributed by atoms with van der Waals surface area (Å²) in [6, 6.07) is 13.1. The highest BCUT2D eigenvalue weighted by molar-refractivity contribution is 5.44. The minimum absolute atomic E-state index is 0.996. The van der Waals surface area contributed by atoms with Gasteiger partial charge in [0.15, 0.2) is 0 Å². The summed E-state index contributed by atoms with van der Waals surface area (Å²) < 4.78 is 6.51. The Labute approximate surface area is 178 Å². The van der Waals surface area contributed by atoms with Crippen LogP contribution < -0.4 is 4.74 Å². The molecule has 2 aromatic carbocycles. The van der Waals surface area contributed by atoms with E-state index < -0.39 is 0 Å². The van der Waals surface area contributed by atoms with Crippen molar-refractivity contribution in [3.63, 3.8) is 0 Å². The normalized spacial score (nSPS) is 11.4. The fourth-order valence-corrected chi connectivity index (χ4v) is 3.76. The summed E-state index contributed by atoms with van der Waals surface area (Å²) in [6.07, 6.45) is 2.03. The molecule has 0 N–H and O–H groups in total. The Morgan fingerprint density at radius 3 is 1.34 bits per heavy atom. The third kappa shape index (κ3) is 7.17. The second-order valence-corrected chi connectivity index (χ2v) is 7.88. The minimum Gasteiger partial charge on any atom is -0.457 e. The van der Waals surface area contributed by atoms with Crippen LogP contribution >= 0.6 is 0 Å². The van der Waals surface area contributed by atoms with E-state index in [0.717, 1.165) is 63.6 Å². The Morgan fingerprint density at radius 1 is 0.621 bits per heavy atom. The van der Waals surface area contributed by atoms with Gasteiger partial charge in [0, 0.05) is 13.1 Å². The summed E-state index contributed by atoms with van der Waals surface area (Å²) in [6.45, 7) is 19.7. The smallest absolute Gasteiger partial charge is 0.130 e. The van der Waals surface area contributed by atoms with Gasteiger partial charge in [-0.2, -0.15) is 0 Å². The lowest BCUT2D eigenvalue weighted by molar-refractivity contribution is 0.305. The van der Waals surface area contributed by atoms with Gasteiger partial charge in [-0.3, -0.25) is 0 Å². The van der Waals surface area contributed by atoms with E-state index in [4.69, 9.17) is 4.74 Å². The van der Waals surface area contributed by atoms with Crippen molar-refractivity contribution in [1.82, 2.24) is 9.80 Å². The molecule has 0 saturated heterocycles. The molecule has 0 amide bonds. The van der Waals surface area contributed by atoms with E-state index in [0.29, 0.717) is 0 Å². The van der Waals surface area contributed by atoms with Gasteiger partial charge in [0.2, 0.25) is 0 Å². The van der Waals surface area contributed by atoms with E-state index in [2.05, 4.69) is 87.7 Å². The molecular weight excluding hydrogens is 356 g/mol. The van der Waals surface area contributed by atoms with E-state index in [-0.39, 0.29) is 0 Å². The average Bonchev–Trinajstić information content (AvgIpc) is 2.72. The summed E-state index contributed by atoms with van der Waals surface area (Å²) in [5.41, 5.74) is 5.18. The molecule has 0 aliphatic carbocycles. The van der Waals surface area contributed by atoms with Crippen molar-refractivity contribution in [2.24, 2.45) is 0 Å². The fourth-order valence-electron chi connectivity index (χ4n) is 3.76. The van der Waals surface area contributed by atoms with Crippen LogP contribution in [-0.2, 0) is 12.8 Å². The van der Waals surface area contributed by atoms with Crippen molar-refractivity contribution >= 4 is 0 Å². The molecule has 0 spiro atoms. The number of likely N-dealkylation sites (N-methyl/N-ethyl adjacent to an activating group) is 2. The number of ether oxygens (including phenoxy) is 1. The molecule has 0 bridgehead atoms.